The van der Waals surface area contributed by atoms with Crippen molar-refractivity contribution >= 4 is 0 Å². The lowest BCUT2D eigenvalue weighted by Crippen LogP contribution is -2.62. The highest BCUT2D eigenvalue weighted by Crippen LogP contribution is 2.37. The highest BCUT2D eigenvalue weighted by Gasteiger charge is 2.44. The fraction of sp³-hybridized carbons (Fsp3) is 1.00. The van der Waals surface area contributed by atoms with Crippen molar-refractivity contribution in [2.75, 3.05) is 13.2 Å². The smallest absolute Gasteiger partial charge is 0.0575 e. The minimum absolute atomic E-state index is 0.0602. The standard InChI is InChI=1S/C11H23NO2/c1-10(2)7-9(14)8-11(3,4)12(10)5-6-13/h9,13-14H,5-8H2,1-4H3/i1D,2D,3D,4D. The molecular formula is C11H23NO2. The highest BCUT2D eigenvalue weighted by molar-refractivity contribution is 4.99. The Bertz CT molecular complexity index is 237. The van der Waals surface area contributed by atoms with Crippen LogP contribution < -0.4 is 0 Å². The summed E-state index contributed by atoms with van der Waals surface area (Å²) in [5.74, 6) is 0. The molecule has 1 aliphatic rings. The number of hydrogen-bond acceptors (Lipinski definition) is 3. The van der Waals surface area contributed by atoms with Crippen molar-refractivity contribution in [1.82, 2.24) is 4.90 Å². The Hall–Kier alpha value is -0.120. The van der Waals surface area contributed by atoms with Gasteiger partial charge in [-0.2, -0.15) is 0 Å². The van der Waals surface area contributed by atoms with Gasteiger partial charge >= 0.3 is 0 Å². The zero-order valence-corrected chi connectivity index (χ0v) is 8.58. The van der Waals surface area contributed by atoms with Crippen molar-refractivity contribution in [1.29, 1.82) is 0 Å². The number of rotatable bonds is 2. The number of piperidine rings is 1. The summed E-state index contributed by atoms with van der Waals surface area (Å²) in [6.45, 7) is -0.114. The van der Waals surface area contributed by atoms with Crippen molar-refractivity contribution < 1.29 is 15.7 Å². The van der Waals surface area contributed by atoms with E-state index in [0.29, 0.717) is 12.8 Å². The molecule has 1 fully saturated rings. The molecule has 84 valence electrons. The number of likely N-dealkylation sites (tertiary alicyclic amines) is 1. The Morgan fingerprint density at radius 3 is 2.14 bits per heavy atom. The van der Waals surface area contributed by atoms with Crippen LogP contribution in [0.1, 0.15) is 45.9 Å². The van der Waals surface area contributed by atoms with Gasteiger partial charge in [0.25, 0.3) is 0 Å². The molecule has 2 N–H and O–H groups in total. The van der Waals surface area contributed by atoms with Gasteiger partial charge in [-0.05, 0) is 40.4 Å². The van der Waals surface area contributed by atoms with Crippen LogP contribution in [0.3, 0.4) is 0 Å². The molecule has 3 heteroatoms. The quantitative estimate of drug-likeness (QED) is 0.706. The van der Waals surface area contributed by atoms with E-state index in [1.807, 2.05) is 0 Å². The van der Waals surface area contributed by atoms with E-state index in [9.17, 15) is 10.2 Å². The Kier molecular flexibility index (Phi) is 1.95. The largest absolute Gasteiger partial charge is 0.395 e. The van der Waals surface area contributed by atoms with E-state index in [1.54, 1.807) is 4.90 Å². The van der Waals surface area contributed by atoms with Crippen LogP contribution in [0.5, 0.6) is 0 Å². The van der Waals surface area contributed by atoms with Gasteiger partial charge in [0, 0.05) is 23.1 Å². The second-order valence-electron chi connectivity index (χ2n) is 4.39. The van der Waals surface area contributed by atoms with Crippen molar-refractivity contribution in [2.45, 2.75) is 57.6 Å². The van der Waals surface area contributed by atoms with Crippen molar-refractivity contribution in [3.8, 4) is 0 Å². The molecule has 1 rings (SSSR count). The molecule has 1 saturated heterocycles. The maximum Gasteiger partial charge on any atom is 0.0575 e. The third-order valence-corrected chi connectivity index (χ3v) is 2.70. The molecule has 0 spiro atoms. The maximum absolute atomic E-state index is 9.97. The number of hydrogen-bond donors (Lipinski definition) is 2. The van der Waals surface area contributed by atoms with Gasteiger partial charge in [0.1, 0.15) is 0 Å². The van der Waals surface area contributed by atoms with Crippen LogP contribution in [0.4, 0.5) is 0 Å². The van der Waals surface area contributed by atoms with Crippen molar-refractivity contribution in [3.63, 3.8) is 0 Å². The molecule has 0 aromatic heterocycles. The average molecular weight is 205 g/mol. The van der Waals surface area contributed by atoms with Gasteiger partial charge in [-0.25, -0.2) is 0 Å². The second kappa shape index (κ2) is 3.80. The van der Waals surface area contributed by atoms with E-state index >= 15 is 0 Å². The number of aliphatic hydroxyl groups excluding tert-OH is 2. The lowest BCUT2D eigenvalue weighted by Gasteiger charge is -2.54. The predicted molar refractivity (Wildman–Crippen MR) is 57.2 cm³/mol. The molecule has 0 atom stereocenters. The molecule has 0 radical (unpaired) electrons. The van der Waals surface area contributed by atoms with E-state index < -0.39 is 17.2 Å². The van der Waals surface area contributed by atoms with Crippen molar-refractivity contribution in [3.05, 3.63) is 0 Å². The molecule has 0 saturated carbocycles. The lowest BCUT2D eigenvalue weighted by atomic mass is 9.78. The summed E-state index contributed by atoms with van der Waals surface area (Å²) in [5, 5.41) is 19.2. The van der Waals surface area contributed by atoms with Crippen LogP contribution in [-0.2, 0) is 0 Å². The van der Waals surface area contributed by atoms with Crippen molar-refractivity contribution in [2.24, 2.45) is 0 Å². The highest BCUT2D eigenvalue weighted by atomic mass is 16.3. The number of nitrogens with zero attached hydrogens (tertiary/aromatic N) is 1. The summed E-state index contributed by atoms with van der Waals surface area (Å²) in [5.41, 5.74) is -1.69. The average Bonchev–Trinajstić information content (AvgIpc) is 2.40. The van der Waals surface area contributed by atoms with Crippen LogP contribution in [0.25, 0.3) is 0 Å². The first-order valence-corrected chi connectivity index (χ1v) is 4.78. The SMILES string of the molecule is [2H]CC1(C[2H])CC(O)CC(C[2H])(C[2H])N1CCO. The van der Waals surface area contributed by atoms with E-state index in [2.05, 4.69) is 0 Å². The monoisotopic (exact) mass is 205 g/mol. The van der Waals surface area contributed by atoms with Gasteiger partial charge in [-0.15, -0.1) is 0 Å². The third kappa shape index (κ3) is 2.27. The first-order chi connectivity index (χ1) is 8.54. The van der Waals surface area contributed by atoms with Crippen LogP contribution >= 0.6 is 0 Å². The molecule has 0 aromatic carbocycles. The first-order valence-electron chi connectivity index (χ1n) is 7.60. The molecule has 1 aliphatic heterocycles. The van der Waals surface area contributed by atoms with Crippen LogP contribution in [0.2, 0.25) is 0 Å². The van der Waals surface area contributed by atoms with E-state index in [4.69, 9.17) is 5.48 Å². The number of β-amino-alcohol motifs (C(OH)–C–C–N with tert-alkyl or cyclic N) is 1. The van der Waals surface area contributed by atoms with Crippen LogP contribution in [-0.4, -0.2) is 45.4 Å². The Morgan fingerprint density at radius 1 is 1.29 bits per heavy atom. The lowest BCUT2D eigenvalue weighted by molar-refractivity contribution is -0.0858. The molecular weight excluding hydrogens is 178 g/mol. The van der Waals surface area contributed by atoms with Gasteiger partial charge in [0.15, 0.2) is 0 Å². The third-order valence-electron chi connectivity index (χ3n) is 2.70. The molecule has 3 nitrogen and oxygen atoms in total. The minimum Gasteiger partial charge on any atom is -0.395 e. The zero-order valence-electron chi connectivity index (χ0n) is 12.6. The van der Waals surface area contributed by atoms with E-state index in [1.165, 1.54) is 0 Å². The van der Waals surface area contributed by atoms with Gasteiger partial charge in [0.2, 0.25) is 0 Å². The summed E-state index contributed by atoms with van der Waals surface area (Å²) in [6.07, 6.45) is -0.0601. The number of aliphatic hydroxyl groups is 2. The first kappa shape index (κ1) is 7.20. The molecule has 0 bridgehead atoms. The van der Waals surface area contributed by atoms with Gasteiger partial charge in [-0.1, -0.05) is 0 Å². The van der Waals surface area contributed by atoms with E-state index in [0.717, 1.165) is 0 Å². The topological polar surface area (TPSA) is 43.7 Å². The fourth-order valence-electron chi connectivity index (χ4n) is 2.25. The Balaban J connectivity index is 3.16. The molecule has 14 heavy (non-hydrogen) atoms. The summed E-state index contributed by atoms with van der Waals surface area (Å²) in [4.78, 5) is 1.77. The van der Waals surface area contributed by atoms with Gasteiger partial charge < -0.3 is 10.2 Å². The summed E-state index contributed by atoms with van der Waals surface area (Å²) in [6, 6.07) is 0. The summed E-state index contributed by atoms with van der Waals surface area (Å²) < 4.78 is 30.8. The summed E-state index contributed by atoms with van der Waals surface area (Å²) >= 11 is 0. The molecule has 0 aliphatic carbocycles. The Labute approximate surface area is 92.4 Å². The minimum atomic E-state index is -0.845. The van der Waals surface area contributed by atoms with E-state index in [-0.39, 0.29) is 40.8 Å². The Morgan fingerprint density at radius 2 is 1.79 bits per heavy atom. The molecule has 1 heterocycles. The fourth-order valence-corrected chi connectivity index (χ4v) is 2.25. The zero-order chi connectivity index (χ0) is 13.8. The molecule has 0 unspecified atom stereocenters. The summed E-state index contributed by atoms with van der Waals surface area (Å²) in [7, 11) is 0. The van der Waals surface area contributed by atoms with Crippen LogP contribution in [0.15, 0.2) is 0 Å². The molecule has 0 aromatic rings. The van der Waals surface area contributed by atoms with Gasteiger partial charge in [0.05, 0.1) is 12.7 Å². The normalized spacial score (nSPS) is 31.6. The molecule has 0 amide bonds. The predicted octanol–water partition coefficient (Wildman–Crippen LogP) is 0.993. The van der Waals surface area contributed by atoms with Crippen LogP contribution in [0, 0.1) is 0 Å². The van der Waals surface area contributed by atoms with Gasteiger partial charge in [-0.3, -0.25) is 4.90 Å². The second-order valence-corrected chi connectivity index (χ2v) is 4.39. The maximum atomic E-state index is 9.97.